The van der Waals surface area contributed by atoms with E-state index in [1.54, 1.807) is 13.2 Å². The second-order valence-electron chi connectivity index (χ2n) is 7.10. The molecule has 0 atom stereocenters. The van der Waals surface area contributed by atoms with Gasteiger partial charge in [-0.1, -0.05) is 41.9 Å². The van der Waals surface area contributed by atoms with E-state index in [2.05, 4.69) is 24.3 Å². The number of hydrogen-bond donors (Lipinski definition) is 0. The molecule has 0 heterocycles. The van der Waals surface area contributed by atoms with Crippen LogP contribution in [0.2, 0.25) is 5.02 Å². The summed E-state index contributed by atoms with van der Waals surface area (Å²) in [7, 11) is 1.78. The highest BCUT2D eigenvalue weighted by Gasteiger charge is 2.22. The molecular formula is C22H26ClFO. The molecule has 3 rings (SSSR count). The summed E-state index contributed by atoms with van der Waals surface area (Å²) in [5.74, 6) is 1.16. The molecule has 0 amide bonds. The molecule has 134 valence electrons. The highest BCUT2D eigenvalue weighted by molar-refractivity contribution is 6.30. The fourth-order valence-corrected chi connectivity index (χ4v) is 4.04. The van der Waals surface area contributed by atoms with Crippen molar-refractivity contribution in [2.24, 2.45) is 5.92 Å². The van der Waals surface area contributed by atoms with Crippen LogP contribution < -0.4 is 0 Å². The van der Waals surface area contributed by atoms with E-state index < -0.39 is 0 Å². The predicted octanol–water partition coefficient (Wildman–Crippen LogP) is 6.85. The van der Waals surface area contributed by atoms with Crippen molar-refractivity contribution in [3.05, 3.63) is 58.9 Å². The molecule has 0 bridgehead atoms. The molecule has 0 saturated heterocycles. The maximum Gasteiger partial charge on any atom is 0.142 e. The molecule has 1 aliphatic carbocycles. The summed E-state index contributed by atoms with van der Waals surface area (Å²) in [5, 5.41) is 0.169. The summed E-state index contributed by atoms with van der Waals surface area (Å²) >= 11 is 5.76. The standard InChI is InChI=1S/C22H26ClFO/c1-25-14-2-3-16-4-6-17(7-5-16)18-8-10-19(11-9-18)20-12-13-21(23)22(24)15-20/h8-13,15-17H,2-7,14H2,1H3/t16-,17-. The van der Waals surface area contributed by atoms with Crippen LogP contribution in [0.4, 0.5) is 4.39 Å². The lowest BCUT2D eigenvalue weighted by Crippen LogP contribution is -2.13. The molecule has 25 heavy (non-hydrogen) atoms. The van der Waals surface area contributed by atoms with Crippen molar-refractivity contribution in [3.8, 4) is 11.1 Å². The Hall–Kier alpha value is -1.38. The van der Waals surface area contributed by atoms with Gasteiger partial charge in [0.25, 0.3) is 0 Å². The molecule has 2 aromatic rings. The van der Waals surface area contributed by atoms with Gasteiger partial charge in [0.2, 0.25) is 0 Å². The largest absolute Gasteiger partial charge is 0.385 e. The smallest absolute Gasteiger partial charge is 0.142 e. The van der Waals surface area contributed by atoms with Gasteiger partial charge >= 0.3 is 0 Å². The third kappa shape index (κ3) is 4.83. The van der Waals surface area contributed by atoms with Crippen molar-refractivity contribution in [2.45, 2.75) is 44.4 Å². The molecule has 0 aromatic heterocycles. The van der Waals surface area contributed by atoms with Crippen LogP contribution in [0.25, 0.3) is 11.1 Å². The normalized spacial score (nSPS) is 20.6. The summed E-state index contributed by atoms with van der Waals surface area (Å²) in [6.07, 6.45) is 7.65. The number of ether oxygens (including phenoxy) is 1. The third-order valence-electron chi connectivity index (χ3n) is 5.44. The van der Waals surface area contributed by atoms with Gasteiger partial charge in [0.15, 0.2) is 0 Å². The van der Waals surface area contributed by atoms with Gasteiger partial charge in [-0.25, -0.2) is 4.39 Å². The first-order valence-electron chi connectivity index (χ1n) is 9.21. The molecule has 0 radical (unpaired) electrons. The first-order valence-corrected chi connectivity index (χ1v) is 9.59. The highest BCUT2D eigenvalue weighted by Crippen LogP contribution is 2.38. The van der Waals surface area contributed by atoms with Crippen molar-refractivity contribution < 1.29 is 9.13 Å². The van der Waals surface area contributed by atoms with Gasteiger partial charge in [0.1, 0.15) is 5.82 Å². The van der Waals surface area contributed by atoms with Gasteiger partial charge in [0, 0.05) is 13.7 Å². The maximum absolute atomic E-state index is 13.6. The molecule has 2 aromatic carbocycles. The van der Waals surface area contributed by atoms with Gasteiger partial charge in [0.05, 0.1) is 5.02 Å². The zero-order chi connectivity index (χ0) is 17.6. The Morgan fingerprint density at radius 2 is 1.68 bits per heavy atom. The van der Waals surface area contributed by atoms with Crippen LogP contribution in [0.5, 0.6) is 0 Å². The summed E-state index contributed by atoms with van der Waals surface area (Å²) in [6.45, 7) is 0.882. The van der Waals surface area contributed by atoms with Crippen molar-refractivity contribution in [1.29, 1.82) is 0 Å². The van der Waals surface area contributed by atoms with Crippen LogP contribution in [-0.2, 0) is 4.74 Å². The fraction of sp³-hybridized carbons (Fsp3) is 0.455. The summed E-state index contributed by atoms with van der Waals surface area (Å²) in [6, 6.07) is 13.6. The van der Waals surface area contributed by atoms with E-state index in [4.69, 9.17) is 16.3 Å². The number of benzene rings is 2. The topological polar surface area (TPSA) is 9.23 Å². The first-order chi connectivity index (χ1) is 12.2. The minimum absolute atomic E-state index is 0.169. The second kappa shape index (κ2) is 8.82. The van der Waals surface area contributed by atoms with E-state index in [0.29, 0.717) is 5.92 Å². The molecule has 0 spiro atoms. The minimum Gasteiger partial charge on any atom is -0.385 e. The SMILES string of the molecule is COCCC[C@H]1CC[C@H](c2ccc(-c3ccc(Cl)c(F)c3)cc2)CC1. The van der Waals surface area contributed by atoms with E-state index in [0.717, 1.165) is 23.7 Å². The maximum atomic E-state index is 13.6. The molecule has 1 fully saturated rings. The molecule has 0 aliphatic heterocycles. The van der Waals surface area contributed by atoms with Crippen molar-refractivity contribution in [3.63, 3.8) is 0 Å². The Labute approximate surface area is 155 Å². The average Bonchev–Trinajstić information content (AvgIpc) is 2.65. The van der Waals surface area contributed by atoms with E-state index in [1.807, 2.05) is 6.07 Å². The predicted molar refractivity (Wildman–Crippen MR) is 103 cm³/mol. The molecule has 3 heteroatoms. The Balaban J connectivity index is 1.59. The quantitative estimate of drug-likeness (QED) is 0.512. The highest BCUT2D eigenvalue weighted by atomic mass is 35.5. The van der Waals surface area contributed by atoms with E-state index in [-0.39, 0.29) is 10.8 Å². The van der Waals surface area contributed by atoms with Crippen LogP contribution >= 0.6 is 11.6 Å². The first kappa shape index (κ1) is 18.4. The number of rotatable bonds is 6. The van der Waals surface area contributed by atoms with Crippen LogP contribution in [0.3, 0.4) is 0 Å². The van der Waals surface area contributed by atoms with Crippen molar-refractivity contribution in [2.75, 3.05) is 13.7 Å². The number of methoxy groups -OCH3 is 1. The number of halogens is 2. The van der Waals surface area contributed by atoms with Crippen LogP contribution in [0, 0.1) is 11.7 Å². The van der Waals surface area contributed by atoms with E-state index >= 15 is 0 Å². The van der Waals surface area contributed by atoms with E-state index in [9.17, 15) is 4.39 Å². The van der Waals surface area contributed by atoms with Gasteiger partial charge in [-0.2, -0.15) is 0 Å². The lowest BCUT2D eigenvalue weighted by atomic mass is 9.77. The molecule has 1 nitrogen and oxygen atoms in total. The Morgan fingerprint density at radius 3 is 2.32 bits per heavy atom. The van der Waals surface area contributed by atoms with Crippen molar-refractivity contribution in [1.82, 2.24) is 0 Å². The lowest BCUT2D eigenvalue weighted by molar-refractivity contribution is 0.180. The third-order valence-corrected chi connectivity index (χ3v) is 5.75. The molecule has 0 unspecified atom stereocenters. The van der Waals surface area contributed by atoms with Gasteiger partial charge < -0.3 is 4.74 Å². The van der Waals surface area contributed by atoms with Crippen LogP contribution in [0.1, 0.15) is 50.0 Å². The zero-order valence-electron chi connectivity index (χ0n) is 14.8. The molecule has 1 saturated carbocycles. The Kier molecular flexibility index (Phi) is 6.50. The second-order valence-corrected chi connectivity index (χ2v) is 7.51. The average molecular weight is 361 g/mol. The van der Waals surface area contributed by atoms with Gasteiger partial charge in [-0.05, 0) is 79.2 Å². The zero-order valence-corrected chi connectivity index (χ0v) is 15.6. The Bertz CT molecular complexity index is 675. The molecule has 0 N–H and O–H groups in total. The monoisotopic (exact) mass is 360 g/mol. The molecule has 1 aliphatic rings. The molecular weight excluding hydrogens is 335 g/mol. The van der Waals surface area contributed by atoms with Crippen molar-refractivity contribution >= 4 is 11.6 Å². The van der Waals surface area contributed by atoms with E-state index in [1.165, 1.54) is 50.2 Å². The van der Waals surface area contributed by atoms with Gasteiger partial charge in [-0.15, -0.1) is 0 Å². The summed E-state index contributed by atoms with van der Waals surface area (Å²) in [5.41, 5.74) is 3.32. The fourth-order valence-electron chi connectivity index (χ4n) is 3.92. The summed E-state index contributed by atoms with van der Waals surface area (Å²) < 4.78 is 18.8. The lowest BCUT2D eigenvalue weighted by Gasteiger charge is -2.29. The summed E-state index contributed by atoms with van der Waals surface area (Å²) in [4.78, 5) is 0. The Morgan fingerprint density at radius 1 is 1.00 bits per heavy atom. The number of hydrogen-bond acceptors (Lipinski definition) is 1. The van der Waals surface area contributed by atoms with Crippen LogP contribution in [-0.4, -0.2) is 13.7 Å². The van der Waals surface area contributed by atoms with Gasteiger partial charge in [-0.3, -0.25) is 0 Å². The van der Waals surface area contributed by atoms with Crippen LogP contribution in [0.15, 0.2) is 42.5 Å². The minimum atomic E-state index is -0.366.